The van der Waals surface area contributed by atoms with Crippen molar-refractivity contribution in [2.45, 2.75) is 58.3 Å². The van der Waals surface area contributed by atoms with Gasteiger partial charge in [0.2, 0.25) is 0 Å². The van der Waals surface area contributed by atoms with E-state index in [1.165, 1.54) is 51.4 Å². The van der Waals surface area contributed by atoms with Crippen LogP contribution in [0.25, 0.3) is 0 Å². The summed E-state index contributed by atoms with van der Waals surface area (Å²) in [5.74, 6) is 1.84. The van der Waals surface area contributed by atoms with Gasteiger partial charge in [0.05, 0.1) is 0 Å². The van der Waals surface area contributed by atoms with Gasteiger partial charge in [0, 0.05) is 0 Å². The molecule has 1 atom stereocenters. The number of rotatable bonds is 3. The standard InChI is InChI=1S/C12H25N/c1-11(9-10-13)12-7-5-3-2-4-6-8-12/h11-12H,2-10,13H2,1H3. The summed E-state index contributed by atoms with van der Waals surface area (Å²) in [6, 6.07) is 0. The van der Waals surface area contributed by atoms with Crippen LogP contribution in [0.1, 0.15) is 58.3 Å². The maximum Gasteiger partial charge on any atom is -0.00746 e. The first-order valence-electron chi connectivity index (χ1n) is 6.04. The first-order valence-corrected chi connectivity index (χ1v) is 6.04. The van der Waals surface area contributed by atoms with E-state index in [9.17, 15) is 0 Å². The van der Waals surface area contributed by atoms with Crippen LogP contribution in [0.2, 0.25) is 0 Å². The van der Waals surface area contributed by atoms with Crippen LogP contribution in [0.4, 0.5) is 0 Å². The van der Waals surface area contributed by atoms with Crippen molar-refractivity contribution in [3.63, 3.8) is 0 Å². The molecule has 0 bridgehead atoms. The summed E-state index contributed by atoms with van der Waals surface area (Å²) >= 11 is 0. The first kappa shape index (κ1) is 11.0. The van der Waals surface area contributed by atoms with Crippen molar-refractivity contribution in [2.75, 3.05) is 6.54 Å². The third kappa shape index (κ3) is 4.12. The van der Waals surface area contributed by atoms with Gasteiger partial charge < -0.3 is 5.73 Å². The van der Waals surface area contributed by atoms with Gasteiger partial charge in [0.1, 0.15) is 0 Å². The fraction of sp³-hybridized carbons (Fsp3) is 1.00. The van der Waals surface area contributed by atoms with E-state index >= 15 is 0 Å². The molecule has 0 aromatic heterocycles. The van der Waals surface area contributed by atoms with Gasteiger partial charge in [-0.3, -0.25) is 0 Å². The Morgan fingerprint density at radius 1 is 1.08 bits per heavy atom. The highest BCUT2D eigenvalue weighted by atomic mass is 14.5. The van der Waals surface area contributed by atoms with Crippen molar-refractivity contribution in [3.05, 3.63) is 0 Å². The Kier molecular flexibility index (Phi) is 5.45. The lowest BCUT2D eigenvalue weighted by Crippen LogP contribution is -2.17. The third-order valence-corrected chi connectivity index (χ3v) is 3.58. The summed E-state index contributed by atoms with van der Waals surface area (Å²) in [5.41, 5.74) is 5.61. The van der Waals surface area contributed by atoms with Crippen LogP contribution in [-0.2, 0) is 0 Å². The van der Waals surface area contributed by atoms with E-state index in [0.717, 1.165) is 18.4 Å². The Hall–Kier alpha value is -0.0400. The first-order chi connectivity index (χ1) is 6.34. The lowest BCUT2D eigenvalue weighted by Gasteiger charge is -2.25. The van der Waals surface area contributed by atoms with Gasteiger partial charge in [0.25, 0.3) is 0 Å². The lowest BCUT2D eigenvalue weighted by molar-refractivity contribution is 0.271. The second-order valence-corrected chi connectivity index (χ2v) is 4.66. The summed E-state index contributed by atoms with van der Waals surface area (Å²) in [4.78, 5) is 0. The fourth-order valence-corrected chi connectivity index (χ4v) is 2.56. The van der Waals surface area contributed by atoms with Crippen molar-refractivity contribution < 1.29 is 0 Å². The minimum atomic E-state index is 0.864. The summed E-state index contributed by atoms with van der Waals surface area (Å²) in [6.45, 7) is 3.26. The van der Waals surface area contributed by atoms with E-state index in [0.29, 0.717) is 0 Å². The number of hydrogen-bond acceptors (Lipinski definition) is 1. The van der Waals surface area contributed by atoms with Gasteiger partial charge in [-0.25, -0.2) is 0 Å². The smallest absolute Gasteiger partial charge is 0.00746 e. The van der Waals surface area contributed by atoms with E-state index < -0.39 is 0 Å². The monoisotopic (exact) mass is 183 g/mol. The van der Waals surface area contributed by atoms with Gasteiger partial charge in [-0.2, -0.15) is 0 Å². The maximum absolute atomic E-state index is 5.61. The Bertz CT molecular complexity index is 114. The van der Waals surface area contributed by atoms with Crippen LogP contribution >= 0.6 is 0 Å². The molecule has 0 saturated heterocycles. The number of nitrogens with two attached hydrogens (primary N) is 1. The molecule has 1 aliphatic carbocycles. The molecule has 0 aliphatic heterocycles. The average molecular weight is 183 g/mol. The van der Waals surface area contributed by atoms with Crippen LogP contribution in [0.3, 0.4) is 0 Å². The van der Waals surface area contributed by atoms with E-state index in [4.69, 9.17) is 5.73 Å². The van der Waals surface area contributed by atoms with Crippen LogP contribution in [0.15, 0.2) is 0 Å². The van der Waals surface area contributed by atoms with Crippen molar-refractivity contribution in [1.29, 1.82) is 0 Å². The van der Waals surface area contributed by atoms with Gasteiger partial charge in [0.15, 0.2) is 0 Å². The highest BCUT2D eigenvalue weighted by molar-refractivity contribution is 4.69. The molecule has 1 rings (SSSR count). The molecule has 0 spiro atoms. The predicted octanol–water partition coefficient (Wildman–Crippen LogP) is 3.33. The van der Waals surface area contributed by atoms with E-state index in [1.807, 2.05) is 0 Å². The molecule has 1 fully saturated rings. The van der Waals surface area contributed by atoms with Crippen molar-refractivity contribution >= 4 is 0 Å². The molecule has 1 nitrogen and oxygen atoms in total. The van der Waals surface area contributed by atoms with Gasteiger partial charge in [-0.1, -0.05) is 51.9 Å². The third-order valence-electron chi connectivity index (χ3n) is 3.58. The fourth-order valence-electron chi connectivity index (χ4n) is 2.56. The highest BCUT2D eigenvalue weighted by Gasteiger charge is 2.17. The minimum absolute atomic E-state index is 0.864. The highest BCUT2D eigenvalue weighted by Crippen LogP contribution is 2.29. The molecule has 1 heteroatoms. The van der Waals surface area contributed by atoms with Crippen LogP contribution in [0.5, 0.6) is 0 Å². The molecule has 78 valence electrons. The zero-order valence-electron chi connectivity index (χ0n) is 9.10. The normalized spacial score (nSPS) is 23.5. The second kappa shape index (κ2) is 6.42. The largest absolute Gasteiger partial charge is 0.330 e. The molecule has 1 aliphatic rings. The van der Waals surface area contributed by atoms with Crippen LogP contribution in [-0.4, -0.2) is 6.54 Å². The molecule has 1 saturated carbocycles. The van der Waals surface area contributed by atoms with Crippen LogP contribution < -0.4 is 5.73 Å². The Labute approximate surface area is 83.1 Å². The summed E-state index contributed by atoms with van der Waals surface area (Å²) in [7, 11) is 0. The van der Waals surface area contributed by atoms with Gasteiger partial charge >= 0.3 is 0 Å². The molecule has 1 unspecified atom stereocenters. The molecule has 0 aromatic rings. The topological polar surface area (TPSA) is 26.0 Å². The zero-order chi connectivity index (χ0) is 9.52. The maximum atomic E-state index is 5.61. The van der Waals surface area contributed by atoms with Crippen LogP contribution in [0, 0.1) is 11.8 Å². The molecular weight excluding hydrogens is 158 g/mol. The molecule has 13 heavy (non-hydrogen) atoms. The van der Waals surface area contributed by atoms with E-state index in [-0.39, 0.29) is 0 Å². The van der Waals surface area contributed by atoms with E-state index in [2.05, 4.69) is 6.92 Å². The molecule has 0 amide bonds. The summed E-state index contributed by atoms with van der Waals surface area (Å²) < 4.78 is 0. The Morgan fingerprint density at radius 3 is 2.15 bits per heavy atom. The van der Waals surface area contributed by atoms with Gasteiger partial charge in [-0.15, -0.1) is 0 Å². The predicted molar refractivity (Wildman–Crippen MR) is 58.6 cm³/mol. The Balaban J connectivity index is 2.27. The zero-order valence-corrected chi connectivity index (χ0v) is 9.10. The minimum Gasteiger partial charge on any atom is -0.330 e. The average Bonchev–Trinajstić information content (AvgIpc) is 2.03. The Morgan fingerprint density at radius 2 is 1.62 bits per heavy atom. The molecule has 2 N–H and O–H groups in total. The van der Waals surface area contributed by atoms with Crippen molar-refractivity contribution in [1.82, 2.24) is 0 Å². The summed E-state index contributed by atoms with van der Waals surface area (Å²) in [6.07, 6.45) is 11.5. The quantitative estimate of drug-likeness (QED) is 0.713. The van der Waals surface area contributed by atoms with Gasteiger partial charge in [-0.05, 0) is 24.8 Å². The molecule has 0 heterocycles. The lowest BCUT2D eigenvalue weighted by atomic mass is 9.81. The second-order valence-electron chi connectivity index (χ2n) is 4.66. The molecule has 0 radical (unpaired) electrons. The SMILES string of the molecule is CC(CCN)C1CCCCCCC1. The van der Waals surface area contributed by atoms with Crippen molar-refractivity contribution in [3.8, 4) is 0 Å². The molecular formula is C12H25N. The molecule has 0 aromatic carbocycles. The van der Waals surface area contributed by atoms with E-state index in [1.54, 1.807) is 0 Å². The van der Waals surface area contributed by atoms with Crippen molar-refractivity contribution in [2.24, 2.45) is 17.6 Å². The summed E-state index contributed by atoms with van der Waals surface area (Å²) in [5, 5.41) is 0. The number of hydrogen-bond donors (Lipinski definition) is 1.